The van der Waals surface area contributed by atoms with Crippen molar-refractivity contribution in [2.45, 2.75) is 64.2 Å². The van der Waals surface area contributed by atoms with Gasteiger partial charge in [-0.2, -0.15) is 0 Å². The van der Waals surface area contributed by atoms with Crippen LogP contribution in [-0.4, -0.2) is 9.55 Å². The molecule has 0 aliphatic heterocycles. The Balaban J connectivity index is 1.48. The molecule has 0 saturated carbocycles. The molecule has 5 aromatic rings. The average molecular weight is 579 g/mol. The highest BCUT2D eigenvalue weighted by Crippen LogP contribution is 2.51. The third kappa shape index (κ3) is 4.95. The van der Waals surface area contributed by atoms with E-state index < -0.39 is 0 Å². The van der Waals surface area contributed by atoms with E-state index in [1.807, 2.05) is 18.3 Å². The van der Waals surface area contributed by atoms with E-state index in [0.29, 0.717) is 23.2 Å². The monoisotopic (exact) mass is 578 g/mol. The van der Waals surface area contributed by atoms with Crippen LogP contribution < -0.4 is 0 Å². The van der Waals surface area contributed by atoms with E-state index in [9.17, 15) is 0 Å². The van der Waals surface area contributed by atoms with Crippen LogP contribution in [0, 0.1) is 5.82 Å². The molecule has 7 rings (SSSR count). The summed E-state index contributed by atoms with van der Waals surface area (Å²) in [5.41, 5.74) is 12.1. The standard InChI is InChI=1S/C41H39FN2/c1-3-5-16-32-30-18-9-7-14-28(30)26-37(32)34-21-13-22-35(38-27-29-15-8-10-19-31(29)33(38)17-6-4-2)40(34)44-25-24-43-41(44)36-20-11-12-23-39(36)42/h7-15,18-27,32-33H,3-6,16-17H2,1-2H3. The van der Waals surface area contributed by atoms with E-state index in [2.05, 4.69) is 97.3 Å². The lowest BCUT2D eigenvalue weighted by Gasteiger charge is -2.25. The summed E-state index contributed by atoms with van der Waals surface area (Å²) in [7, 11) is 0. The fourth-order valence-corrected chi connectivity index (χ4v) is 7.35. The van der Waals surface area contributed by atoms with Crippen LogP contribution in [-0.2, 0) is 0 Å². The van der Waals surface area contributed by atoms with Crippen molar-refractivity contribution >= 4 is 23.3 Å². The number of hydrogen-bond acceptors (Lipinski definition) is 1. The van der Waals surface area contributed by atoms with Crippen LogP contribution in [0.5, 0.6) is 0 Å². The maximum atomic E-state index is 15.3. The Labute approximate surface area is 260 Å². The van der Waals surface area contributed by atoms with Crippen molar-refractivity contribution in [2.24, 2.45) is 0 Å². The van der Waals surface area contributed by atoms with Gasteiger partial charge in [0.1, 0.15) is 11.6 Å². The van der Waals surface area contributed by atoms with E-state index in [-0.39, 0.29) is 5.82 Å². The van der Waals surface area contributed by atoms with Crippen LogP contribution in [0.1, 0.15) is 97.6 Å². The van der Waals surface area contributed by atoms with Gasteiger partial charge in [0.05, 0.1) is 11.3 Å². The lowest BCUT2D eigenvalue weighted by molar-refractivity contribution is 0.629. The number of aromatic nitrogens is 2. The molecule has 0 spiro atoms. The molecule has 220 valence electrons. The Bertz CT molecular complexity index is 1780. The number of para-hydroxylation sites is 1. The predicted octanol–water partition coefficient (Wildman–Crippen LogP) is 11.3. The second-order valence-electron chi connectivity index (χ2n) is 12.1. The van der Waals surface area contributed by atoms with Gasteiger partial charge in [-0.3, -0.25) is 4.57 Å². The predicted molar refractivity (Wildman–Crippen MR) is 182 cm³/mol. The van der Waals surface area contributed by atoms with Crippen LogP contribution in [0.3, 0.4) is 0 Å². The number of rotatable bonds is 10. The van der Waals surface area contributed by atoms with Gasteiger partial charge in [-0.1, -0.05) is 131 Å². The summed E-state index contributed by atoms with van der Waals surface area (Å²) in [4.78, 5) is 4.76. The highest BCUT2D eigenvalue weighted by Gasteiger charge is 2.32. The maximum absolute atomic E-state index is 15.3. The van der Waals surface area contributed by atoms with Gasteiger partial charge >= 0.3 is 0 Å². The number of allylic oxidation sites excluding steroid dienone is 2. The molecule has 2 aliphatic rings. The molecule has 2 unspecified atom stereocenters. The second-order valence-corrected chi connectivity index (χ2v) is 12.1. The fourth-order valence-electron chi connectivity index (χ4n) is 7.35. The number of imidazole rings is 1. The first kappa shape index (κ1) is 28.3. The van der Waals surface area contributed by atoms with Gasteiger partial charge in [0, 0.05) is 35.4 Å². The van der Waals surface area contributed by atoms with Crippen LogP contribution in [0.2, 0.25) is 0 Å². The number of unbranched alkanes of at least 4 members (excludes halogenated alkanes) is 2. The molecule has 0 saturated heterocycles. The summed E-state index contributed by atoms with van der Waals surface area (Å²) < 4.78 is 17.5. The normalized spacial score (nSPS) is 16.9. The highest BCUT2D eigenvalue weighted by molar-refractivity contribution is 5.99. The first-order chi connectivity index (χ1) is 21.7. The van der Waals surface area contributed by atoms with Crippen LogP contribution in [0.15, 0.2) is 103 Å². The molecule has 44 heavy (non-hydrogen) atoms. The Morgan fingerprint density at radius 2 is 1.16 bits per heavy atom. The minimum atomic E-state index is -0.263. The molecule has 0 fully saturated rings. The Kier molecular flexibility index (Phi) is 7.87. The number of halogens is 1. The largest absolute Gasteiger partial charge is 0.298 e. The molecule has 0 bridgehead atoms. The zero-order valence-electron chi connectivity index (χ0n) is 25.6. The summed E-state index contributed by atoms with van der Waals surface area (Å²) in [6, 6.07) is 31.4. The molecule has 0 radical (unpaired) electrons. The van der Waals surface area contributed by atoms with Crippen LogP contribution in [0.25, 0.3) is 40.4 Å². The summed E-state index contributed by atoms with van der Waals surface area (Å²) in [5, 5.41) is 0. The van der Waals surface area contributed by atoms with Gasteiger partial charge in [-0.15, -0.1) is 0 Å². The quantitative estimate of drug-likeness (QED) is 0.161. The van der Waals surface area contributed by atoms with Crippen molar-refractivity contribution in [3.05, 3.63) is 143 Å². The molecule has 1 aromatic heterocycles. The first-order valence-corrected chi connectivity index (χ1v) is 16.2. The Hall–Kier alpha value is -4.50. The summed E-state index contributed by atoms with van der Waals surface area (Å²) in [6.07, 6.45) is 15.4. The SMILES string of the molecule is CCCCC1C(c2cccc(C3=Cc4ccccc4C3CCCC)c2-n2ccnc2-c2ccccc2F)=Cc2ccccc21. The third-order valence-corrected chi connectivity index (χ3v) is 9.46. The van der Waals surface area contributed by atoms with Gasteiger partial charge in [0.2, 0.25) is 0 Å². The number of fused-ring (bicyclic) bond motifs is 2. The smallest absolute Gasteiger partial charge is 0.147 e. The van der Waals surface area contributed by atoms with Crippen molar-refractivity contribution in [2.75, 3.05) is 0 Å². The lowest BCUT2D eigenvalue weighted by atomic mass is 9.82. The third-order valence-electron chi connectivity index (χ3n) is 9.46. The molecular formula is C41H39FN2. The Morgan fingerprint density at radius 3 is 1.73 bits per heavy atom. The van der Waals surface area contributed by atoms with Crippen LogP contribution >= 0.6 is 0 Å². The van der Waals surface area contributed by atoms with Crippen molar-refractivity contribution in [1.29, 1.82) is 0 Å². The van der Waals surface area contributed by atoms with Crippen molar-refractivity contribution in [3.63, 3.8) is 0 Å². The molecule has 2 nitrogen and oxygen atoms in total. The topological polar surface area (TPSA) is 17.8 Å². The molecule has 2 aliphatic carbocycles. The highest BCUT2D eigenvalue weighted by atomic mass is 19.1. The number of nitrogens with zero attached hydrogens (tertiary/aromatic N) is 2. The fraction of sp³-hybridized carbons (Fsp3) is 0.244. The molecule has 0 amide bonds. The minimum absolute atomic E-state index is 0.263. The van der Waals surface area contributed by atoms with Crippen molar-refractivity contribution in [3.8, 4) is 17.1 Å². The number of benzene rings is 4. The van der Waals surface area contributed by atoms with Gasteiger partial charge < -0.3 is 0 Å². The van der Waals surface area contributed by atoms with Gasteiger partial charge in [0.15, 0.2) is 0 Å². The average Bonchev–Trinajstić information content (AvgIpc) is 3.78. The maximum Gasteiger partial charge on any atom is 0.147 e. The van der Waals surface area contributed by atoms with E-state index in [1.165, 1.54) is 50.6 Å². The summed E-state index contributed by atoms with van der Waals surface area (Å²) in [5.74, 6) is 0.984. The van der Waals surface area contributed by atoms with Crippen LogP contribution in [0.4, 0.5) is 4.39 Å². The second kappa shape index (κ2) is 12.2. The van der Waals surface area contributed by atoms with Crippen molar-refractivity contribution < 1.29 is 4.39 Å². The van der Waals surface area contributed by atoms with Gasteiger partial charge in [0.25, 0.3) is 0 Å². The zero-order chi connectivity index (χ0) is 30.0. The van der Waals surface area contributed by atoms with E-state index in [1.54, 1.807) is 12.3 Å². The van der Waals surface area contributed by atoms with Gasteiger partial charge in [-0.25, -0.2) is 9.37 Å². The van der Waals surface area contributed by atoms with Crippen molar-refractivity contribution in [1.82, 2.24) is 9.55 Å². The minimum Gasteiger partial charge on any atom is -0.298 e. The van der Waals surface area contributed by atoms with E-state index >= 15 is 4.39 Å². The Morgan fingerprint density at radius 1 is 0.636 bits per heavy atom. The summed E-state index contributed by atoms with van der Waals surface area (Å²) >= 11 is 0. The summed E-state index contributed by atoms with van der Waals surface area (Å²) in [6.45, 7) is 4.53. The molecule has 3 heteroatoms. The molecule has 2 atom stereocenters. The number of hydrogen-bond donors (Lipinski definition) is 0. The zero-order valence-corrected chi connectivity index (χ0v) is 25.6. The molecule has 0 N–H and O–H groups in total. The first-order valence-electron chi connectivity index (χ1n) is 16.2. The molecule has 1 heterocycles. The lowest BCUT2D eigenvalue weighted by Crippen LogP contribution is -2.09. The molecule has 4 aromatic carbocycles. The molecular weight excluding hydrogens is 539 g/mol. The van der Waals surface area contributed by atoms with Gasteiger partial charge in [-0.05, 0) is 58.4 Å². The van der Waals surface area contributed by atoms with E-state index in [4.69, 9.17) is 4.98 Å². The van der Waals surface area contributed by atoms with E-state index in [0.717, 1.165) is 44.2 Å².